The molecule has 2 heterocycles. The quantitative estimate of drug-likeness (QED) is 0.924. The van der Waals surface area contributed by atoms with Crippen molar-refractivity contribution in [2.75, 3.05) is 13.1 Å². The van der Waals surface area contributed by atoms with Gasteiger partial charge in [0.15, 0.2) is 5.82 Å². The molecule has 9 heteroatoms. The highest BCUT2D eigenvalue weighted by atomic mass is 35.5. The van der Waals surface area contributed by atoms with Gasteiger partial charge in [-0.3, -0.25) is 4.90 Å². The zero-order valence-electron chi connectivity index (χ0n) is 12.0. The second-order valence-electron chi connectivity index (χ2n) is 5.34. The second-order valence-corrected chi connectivity index (χ2v) is 5.75. The molecule has 23 heavy (non-hydrogen) atoms. The predicted octanol–water partition coefficient (Wildman–Crippen LogP) is 2.56. The molecule has 1 N–H and O–H groups in total. The van der Waals surface area contributed by atoms with Gasteiger partial charge >= 0.3 is 0 Å². The Labute approximate surface area is 135 Å². The zero-order valence-corrected chi connectivity index (χ0v) is 12.7. The van der Waals surface area contributed by atoms with E-state index in [1.807, 2.05) is 4.90 Å². The molecule has 0 aliphatic carbocycles. The Kier molecular flexibility index (Phi) is 4.56. The molecule has 1 unspecified atom stereocenters. The molecular weight excluding hydrogens is 333 g/mol. The largest absolute Gasteiger partial charge is 0.387 e. The standard InChI is InChI=1S/C14H14ClF3N4O/c15-10-5-8(16)1-2-9(10)11(23)6-21-3-4-22-12(7-21)19-20-14(22)13(17)18/h1-2,5,11,13,23H,3-4,6-7H2. The molecular formula is C14H14ClF3N4O. The van der Waals surface area contributed by atoms with Crippen LogP contribution >= 0.6 is 11.6 Å². The molecule has 0 saturated heterocycles. The fourth-order valence-electron chi connectivity index (χ4n) is 2.66. The number of aliphatic hydroxyl groups is 1. The Morgan fingerprint density at radius 3 is 2.74 bits per heavy atom. The van der Waals surface area contributed by atoms with Crippen LogP contribution in [0.2, 0.25) is 5.02 Å². The lowest BCUT2D eigenvalue weighted by Crippen LogP contribution is -2.37. The van der Waals surface area contributed by atoms with Crippen LogP contribution in [0.5, 0.6) is 0 Å². The van der Waals surface area contributed by atoms with Gasteiger partial charge in [0.05, 0.1) is 12.6 Å². The monoisotopic (exact) mass is 346 g/mol. The Morgan fingerprint density at radius 1 is 1.26 bits per heavy atom. The van der Waals surface area contributed by atoms with Crippen LogP contribution in [0.15, 0.2) is 18.2 Å². The number of β-amino-alcohol motifs (C(OH)–C–C–N with tert-alkyl or cyclic N) is 1. The Hall–Kier alpha value is -1.64. The first-order valence-electron chi connectivity index (χ1n) is 7.01. The van der Waals surface area contributed by atoms with Crippen LogP contribution in [0.4, 0.5) is 13.2 Å². The summed E-state index contributed by atoms with van der Waals surface area (Å²) in [6.45, 7) is 1.34. The third-order valence-corrected chi connectivity index (χ3v) is 4.14. The van der Waals surface area contributed by atoms with Gasteiger partial charge in [-0.25, -0.2) is 13.2 Å². The van der Waals surface area contributed by atoms with Gasteiger partial charge < -0.3 is 9.67 Å². The fraction of sp³-hybridized carbons (Fsp3) is 0.429. The maximum Gasteiger partial charge on any atom is 0.297 e. The number of rotatable bonds is 4. The number of hydrogen-bond donors (Lipinski definition) is 1. The van der Waals surface area contributed by atoms with Gasteiger partial charge in [0, 0.05) is 30.2 Å². The molecule has 124 valence electrons. The molecule has 5 nitrogen and oxygen atoms in total. The van der Waals surface area contributed by atoms with E-state index in [-0.39, 0.29) is 17.4 Å². The minimum atomic E-state index is -2.66. The van der Waals surface area contributed by atoms with E-state index in [1.54, 1.807) is 0 Å². The molecule has 1 aliphatic rings. The van der Waals surface area contributed by atoms with Gasteiger partial charge in [0.1, 0.15) is 11.6 Å². The van der Waals surface area contributed by atoms with E-state index in [0.29, 0.717) is 31.0 Å². The lowest BCUT2D eigenvalue weighted by Gasteiger charge is -2.29. The third kappa shape index (κ3) is 3.34. The van der Waals surface area contributed by atoms with Crippen molar-refractivity contribution in [3.63, 3.8) is 0 Å². The summed E-state index contributed by atoms with van der Waals surface area (Å²) in [5.41, 5.74) is 0.424. The zero-order chi connectivity index (χ0) is 16.6. The van der Waals surface area contributed by atoms with Gasteiger partial charge in [-0.15, -0.1) is 10.2 Å². The number of aromatic nitrogens is 3. The molecule has 0 bridgehead atoms. The van der Waals surface area contributed by atoms with Crippen molar-refractivity contribution < 1.29 is 18.3 Å². The van der Waals surface area contributed by atoms with Gasteiger partial charge in [-0.2, -0.15) is 0 Å². The van der Waals surface area contributed by atoms with Crippen LogP contribution in [0.3, 0.4) is 0 Å². The highest BCUT2D eigenvalue weighted by Gasteiger charge is 2.26. The normalized spacial score (nSPS) is 16.6. The van der Waals surface area contributed by atoms with E-state index < -0.39 is 18.3 Å². The maximum atomic E-state index is 13.0. The average molecular weight is 347 g/mol. The number of hydrogen-bond acceptors (Lipinski definition) is 4. The van der Waals surface area contributed by atoms with Crippen LogP contribution in [0, 0.1) is 5.82 Å². The molecule has 1 aliphatic heterocycles. The summed E-state index contributed by atoms with van der Waals surface area (Å²) in [5, 5.41) is 17.7. The first-order chi connectivity index (χ1) is 11.0. The van der Waals surface area contributed by atoms with Crippen LogP contribution in [-0.4, -0.2) is 37.9 Å². The van der Waals surface area contributed by atoms with Gasteiger partial charge in [-0.05, 0) is 12.1 Å². The number of alkyl halides is 2. The molecule has 1 aromatic heterocycles. The van der Waals surface area contributed by atoms with Crippen molar-refractivity contribution in [2.24, 2.45) is 0 Å². The van der Waals surface area contributed by atoms with E-state index >= 15 is 0 Å². The molecule has 0 spiro atoms. The van der Waals surface area contributed by atoms with E-state index in [9.17, 15) is 18.3 Å². The summed E-state index contributed by atoms with van der Waals surface area (Å²) in [4.78, 5) is 1.86. The summed E-state index contributed by atoms with van der Waals surface area (Å²) in [7, 11) is 0. The molecule has 0 radical (unpaired) electrons. The van der Waals surface area contributed by atoms with Crippen LogP contribution in [0.1, 0.15) is 29.7 Å². The summed E-state index contributed by atoms with van der Waals surface area (Å²) >= 11 is 5.93. The molecule has 0 saturated carbocycles. The number of nitrogens with zero attached hydrogens (tertiary/aromatic N) is 4. The highest BCUT2D eigenvalue weighted by Crippen LogP contribution is 2.26. The smallest absolute Gasteiger partial charge is 0.297 e. The summed E-state index contributed by atoms with van der Waals surface area (Å²) < 4.78 is 40.0. The van der Waals surface area contributed by atoms with Crippen LogP contribution in [0.25, 0.3) is 0 Å². The van der Waals surface area contributed by atoms with E-state index in [4.69, 9.17) is 11.6 Å². The summed E-state index contributed by atoms with van der Waals surface area (Å²) in [6, 6.07) is 3.80. The van der Waals surface area contributed by atoms with E-state index in [0.717, 1.165) is 6.07 Å². The highest BCUT2D eigenvalue weighted by molar-refractivity contribution is 6.31. The lowest BCUT2D eigenvalue weighted by atomic mass is 10.1. The first kappa shape index (κ1) is 16.2. The molecule has 3 rings (SSSR count). The minimum absolute atomic E-state index is 0.151. The fourth-order valence-corrected chi connectivity index (χ4v) is 2.96. The molecule has 0 fully saturated rings. The van der Waals surface area contributed by atoms with E-state index in [1.165, 1.54) is 16.7 Å². The maximum absolute atomic E-state index is 13.0. The number of fused-ring (bicyclic) bond motifs is 1. The minimum Gasteiger partial charge on any atom is -0.387 e. The molecule has 1 atom stereocenters. The first-order valence-corrected chi connectivity index (χ1v) is 7.39. The van der Waals surface area contributed by atoms with Crippen LogP contribution < -0.4 is 0 Å². The lowest BCUT2D eigenvalue weighted by molar-refractivity contribution is 0.0910. The topological polar surface area (TPSA) is 54.2 Å². The Bertz CT molecular complexity index is 709. The van der Waals surface area contributed by atoms with Gasteiger partial charge in [0.2, 0.25) is 0 Å². The van der Waals surface area contributed by atoms with E-state index in [2.05, 4.69) is 10.2 Å². The van der Waals surface area contributed by atoms with Crippen molar-refractivity contribution in [3.05, 3.63) is 46.3 Å². The summed E-state index contributed by atoms with van der Waals surface area (Å²) in [6.07, 6.45) is -3.57. The molecule has 0 amide bonds. The predicted molar refractivity (Wildman–Crippen MR) is 76.6 cm³/mol. The van der Waals surface area contributed by atoms with Crippen molar-refractivity contribution >= 4 is 11.6 Å². The van der Waals surface area contributed by atoms with Crippen LogP contribution in [-0.2, 0) is 13.1 Å². The number of aliphatic hydroxyl groups excluding tert-OH is 1. The average Bonchev–Trinajstić information content (AvgIpc) is 2.90. The molecule has 1 aromatic carbocycles. The van der Waals surface area contributed by atoms with Gasteiger partial charge in [0.25, 0.3) is 6.43 Å². The number of halogens is 4. The summed E-state index contributed by atoms with van der Waals surface area (Å²) in [5.74, 6) is -0.373. The SMILES string of the molecule is OC(CN1CCn2c(nnc2C(F)F)C1)c1ccc(F)cc1Cl. The number of benzene rings is 1. The molecule has 2 aromatic rings. The Balaban J connectivity index is 1.69. The van der Waals surface area contributed by atoms with Crippen molar-refractivity contribution in [3.8, 4) is 0 Å². The van der Waals surface area contributed by atoms with Crippen molar-refractivity contribution in [1.82, 2.24) is 19.7 Å². The van der Waals surface area contributed by atoms with Gasteiger partial charge in [-0.1, -0.05) is 17.7 Å². The second kappa shape index (κ2) is 6.46. The van der Waals surface area contributed by atoms with Crippen molar-refractivity contribution in [2.45, 2.75) is 25.6 Å². The van der Waals surface area contributed by atoms with Crippen molar-refractivity contribution in [1.29, 1.82) is 0 Å². The Morgan fingerprint density at radius 2 is 2.04 bits per heavy atom. The third-order valence-electron chi connectivity index (χ3n) is 3.81.